The van der Waals surface area contributed by atoms with Gasteiger partial charge in [0.05, 0.1) is 6.61 Å². The van der Waals surface area contributed by atoms with Crippen LogP contribution in [0.5, 0.6) is 5.75 Å². The molecule has 1 aliphatic heterocycles. The number of nitrogens with two attached hydrogens (primary N) is 1. The molecule has 1 aromatic carbocycles. The fourth-order valence-corrected chi connectivity index (χ4v) is 3.14. The van der Waals surface area contributed by atoms with Gasteiger partial charge in [-0.25, -0.2) is 0 Å². The summed E-state index contributed by atoms with van der Waals surface area (Å²) in [5.41, 5.74) is 8.46. The van der Waals surface area contributed by atoms with E-state index >= 15 is 0 Å². The average Bonchev–Trinajstić information content (AvgIpc) is 2.43. The lowest BCUT2D eigenvalue weighted by molar-refractivity contribution is 0.00673. The SMILES string of the molecule is CCC(N)Cc1cc(Br)cc(C)c1OC1CCCOC1. The van der Waals surface area contributed by atoms with Crippen molar-refractivity contribution in [3.63, 3.8) is 0 Å². The van der Waals surface area contributed by atoms with E-state index in [9.17, 15) is 0 Å². The number of rotatable bonds is 5. The first kappa shape index (κ1) is 15.8. The smallest absolute Gasteiger partial charge is 0.126 e. The zero-order valence-corrected chi connectivity index (χ0v) is 13.9. The fraction of sp³-hybridized carbons (Fsp3) is 0.625. The van der Waals surface area contributed by atoms with Crippen molar-refractivity contribution in [2.45, 2.75) is 51.7 Å². The summed E-state index contributed by atoms with van der Waals surface area (Å²) in [6, 6.07) is 4.40. The molecule has 0 radical (unpaired) electrons. The third-order valence-corrected chi connectivity index (χ3v) is 4.18. The van der Waals surface area contributed by atoms with Crippen LogP contribution in [0.4, 0.5) is 0 Å². The highest BCUT2D eigenvalue weighted by atomic mass is 79.9. The summed E-state index contributed by atoms with van der Waals surface area (Å²) in [6.45, 7) is 5.75. The third kappa shape index (κ3) is 4.21. The predicted molar refractivity (Wildman–Crippen MR) is 85.3 cm³/mol. The molecule has 1 aliphatic rings. The lowest BCUT2D eigenvalue weighted by Crippen LogP contribution is -2.29. The van der Waals surface area contributed by atoms with E-state index in [1.54, 1.807) is 0 Å². The molecule has 0 aromatic heterocycles. The van der Waals surface area contributed by atoms with Gasteiger partial charge in [-0.1, -0.05) is 22.9 Å². The molecule has 1 heterocycles. The maximum Gasteiger partial charge on any atom is 0.126 e. The summed E-state index contributed by atoms with van der Waals surface area (Å²) < 4.78 is 12.8. The Kier molecular flexibility index (Phi) is 5.87. The van der Waals surface area contributed by atoms with Crippen LogP contribution >= 0.6 is 15.9 Å². The van der Waals surface area contributed by atoms with E-state index in [-0.39, 0.29) is 12.1 Å². The Bertz CT molecular complexity index is 444. The zero-order chi connectivity index (χ0) is 14.5. The number of halogens is 1. The van der Waals surface area contributed by atoms with Crippen molar-refractivity contribution in [1.29, 1.82) is 0 Å². The molecule has 0 saturated carbocycles. The highest BCUT2D eigenvalue weighted by molar-refractivity contribution is 9.10. The Morgan fingerprint density at radius 2 is 2.30 bits per heavy atom. The van der Waals surface area contributed by atoms with Crippen LogP contribution in [0.25, 0.3) is 0 Å². The van der Waals surface area contributed by atoms with Crippen LogP contribution in [-0.2, 0) is 11.2 Å². The summed E-state index contributed by atoms with van der Waals surface area (Å²) in [6.07, 6.45) is 4.12. The van der Waals surface area contributed by atoms with Gasteiger partial charge in [-0.05, 0) is 55.9 Å². The molecule has 0 spiro atoms. The van der Waals surface area contributed by atoms with E-state index in [1.165, 1.54) is 5.56 Å². The second kappa shape index (κ2) is 7.43. The van der Waals surface area contributed by atoms with Gasteiger partial charge in [-0.15, -0.1) is 0 Å². The highest BCUT2D eigenvalue weighted by Gasteiger charge is 2.19. The molecule has 1 saturated heterocycles. The molecule has 20 heavy (non-hydrogen) atoms. The Labute approximate surface area is 130 Å². The van der Waals surface area contributed by atoms with Crippen LogP contribution in [-0.4, -0.2) is 25.4 Å². The first-order valence-corrected chi connectivity index (χ1v) is 8.18. The maximum absolute atomic E-state index is 6.22. The minimum absolute atomic E-state index is 0.167. The molecule has 0 amide bonds. The monoisotopic (exact) mass is 341 g/mol. The Morgan fingerprint density at radius 1 is 1.50 bits per heavy atom. The molecule has 2 unspecified atom stereocenters. The number of benzene rings is 1. The van der Waals surface area contributed by atoms with E-state index in [4.69, 9.17) is 15.2 Å². The van der Waals surface area contributed by atoms with Gasteiger partial charge in [0.15, 0.2) is 0 Å². The van der Waals surface area contributed by atoms with E-state index < -0.39 is 0 Å². The van der Waals surface area contributed by atoms with Gasteiger partial charge in [-0.2, -0.15) is 0 Å². The van der Waals surface area contributed by atoms with Crippen molar-refractivity contribution in [2.24, 2.45) is 5.73 Å². The zero-order valence-electron chi connectivity index (χ0n) is 12.3. The van der Waals surface area contributed by atoms with Gasteiger partial charge in [-0.3, -0.25) is 0 Å². The van der Waals surface area contributed by atoms with Gasteiger partial charge < -0.3 is 15.2 Å². The van der Waals surface area contributed by atoms with E-state index in [2.05, 4.69) is 41.9 Å². The summed E-state index contributed by atoms with van der Waals surface area (Å²) in [4.78, 5) is 0. The molecular formula is C16H24BrNO2. The van der Waals surface area contributed by atoms with Crippen LogP contribution in [0.3, 0.4) is 0 Å². The quantitative estimate of drug-likeness (QED) is 0.889. The van der Waals surface area contributed by atoms with Crippen molar-refractivity contribution in [3.05, 3.63) is 27.7 Å². The average molecular weight is 342 g/mol. The van der Waals surface area contributed by atoms with Crippen LogP contribution in [0.1, 0.15) is 37.3 Å². The first-order valence-electron chi connectivity index (χ1n) is 7.39. The van der Waals surface area contributed by atoms with E-state index in [1.807, 2.05) is 0 Å². The number of hydrogen-bond acceptors (Lipinski definition) is 3. The molecule has 0 aliphatic carbocycles. The summed E-state index contributed by atoms with van der Waals surface area (Å²) >= 11 is 3.56. The van der Waals surface area contributed by atoms with E-state index in [0.29, 0.717) is 6.61 Å². The normalized spacial score (nSPS) is 20.7. The summed E-state index contributed by atoms with van der Waals surface area (Å²) in [5.74, 6) is 0.993. The predicted octanol–water partition coefficient (Wildman–Crippen LogP) is 3.60. The minimum Gasteiger partial charge on any atom is -0.487 e. The number of ether oxygens (including phenoxy) is 2. The highest BCUT2D eigenvalue weighted by Crippen LogP contribution is 2.31. The molecule has 0 bridgehead atoms. The molecule has 2 rings (SSSR count). The lowest BCUT2D eigenvalue weighted by Gasteiger charge is -2.26. The Balaban J connectivity index is 2.19. The maximum atomic E-state index is 6.22. The number of hydrogen-bond donors (Lipinski definition) is 1. The topological polar surface area (TPSA) is 44.5 Å². The standard InChI is InChI=1S/C16H24BrNO2/c1-3-14(18)9-12-8-13(17)7-11(2)16(12)20-15-5-4-6-19-10-15/h7-8,14-15H,3-6,9-10,18H2,1-2H3. The summed E-state index contributed by atoms with van der Waals surface area (Å²) in [5, 5.41) is 0. The van der Waals surface area contributed by atoms with Gasteiger partial charge in [0.25, 0.3) is 0 Å². The van der Waals surface area contributed by atoms with Crippen LogP contribution in [0.2, 0.25) is 0 Å². The minimum atomic E-state index is 0.167. The van der Waals surface area contributed by atoms with Gasteiger partial charge in [0.2, 0.25) is 0 Å². The first-order chi connectivity index (χ1) is 9.60. The molecule has 3 nitrogen and oxygen atoms in total. The second-order valence-corrected chi connectivity index (χ2v) is 6.46. The van der Waals surface area contributed by atoms with Gasteiger partial charge in [0.1, 0.15) is 11.9 Å². The van der Waals surface area contributed by atoms with Gasteiger partial charge >= 0.3 is 0 Å². The fourth-order valence-electron chi connectivity index (χ4n) is 2.52. The van der Waals surface area contributed by atoms with Crippen molar-refractivity contribution < 1.29 is 9.47 Å². The van der Waals surface area contributed by atoms with E-state index in [0.717, 1.165) is 48.1 Å². The number of aryl methyl sites for hydroxylation is 1. The van der Waals surface area contributed by atoms with Gasteiger partial charge in [0, 0.05) is 17.1 Å². The molecule has 2 N–H and O–H groups in total. The summed E-state index contributed by atoms with van der Waals surface area (Å²) in [7, 11) is 0. The van der Waals surface area contributed by atoms with Crippen LogP contribution in [0, 0.1) is 6.92 Å². The van der Waals surface area contributed by atoms with Crippen molar-refractivity contribution in [3.8, 4) is 5.75 Å². The Morgan fingerprint density at radius 3 is 2.95 bits per heavy atom. The molecule has 4 heteroatoms. The lowest BCUT2D eigenvalue weighted by atomic mass is 10.0. The molecule has 1 aromatic rings. The van der Waals surface area contributed by atoms with Crippen LogP contribution < -0.4 is 10.5 Å². The van der Waals surface area contributed by atoms with Crippen molar-refractivity contribution in [1.82, 2.24) is 0 Å². The van der Waals surface area contributed by atoms with Crippen LogP contribution in [0.15, 0.2) is 16.6 Å². The van der Waals surface area contributed by atoms with Crippen molar-refractivity contribution >= 4 is 15.9 Å². The van der Waals surface area contributed by atoms with Crippen molar-refractivity contribution in [2.75, 3.05) is 13.2 Å². The molecule has 1 fully saturated rings. The third-order valence-electron chi connectivity index (χ3n) is 3.73. The molecule has 112 valence electrons. The second-order valence-electron chi connectivity index (χ2n) is 5.54. The largest absolute Gasteiger partial charge is 0.487 e. The molecule has 2 atom stereocenters. The Hall–Kier alpha value is -0.580. The molecular weight excluding hydrogens is 318 g/mol.